The summed E-state index contributed by atoms with van der Waals surface area (Å²) in [5, 5.41) is 11.1. The van der Waals surface area contributed by atoms with E-state index in [1.54, 1.807) is 47.6 Å². The van der Waals surface area contributed by atoms with Gasteiger partial charge in [-0.3, -0.25) is 0 Å². The van der Waals surface area contributed by atoms with E-state index in [0.717, 1.165) is 5.56 Å². The summed E-state index contributed by atoms with van der Waals surface area (Å²) >= 11 is 5.98. The zero-order valence-electron chi connectivity index (χ0n) is 13.3. The minimum atomic E-state index is -1.20. The number of aromatic nitrogens is 2. The molecule has 0 bridgehead atoms. The highest BCUT2D eigenvalue weighted by Crippen LogP contribution is 2.33. The van der Waals surface area contributed by atoms with Crippen LogP contribution in [0.25, 0.3) is 0 Å². The first-order valence-electron chi connectivity index (χ1n) is 7.67. The molecule has 1 aromatic heterocycles. The molecule has 1 unspecified atom stereocenters. The Morgan fingerprint density at radius 2 is 1.88 bits per heavy atom. The van der Waals surface area contributed by atoms with Crippen LogP contribution in [0.15, 0.2) is 73.3 Å². The Labute approximate surface area is 149 Å². The standard InChI is InChI=1S/C18H16ClN3O3/c19-17-8-6-16(7-9-17)18(25-22(23)24,13-21-11-10-20-14-21)12-15-4-2-1-3-5-15/h1-11,14H,12-13H2. The van der Waals surface area contributed by atoms with Crippen LogP contribution in [0.2, 0.25) is 5.02 Å². The third-order valence-electron chi connectivity index (χ3n) is 3.95. The van der Waals surface area contributed by atoms with Crippen LogP contribution in [-0.2, 0) is 23.4 Å². The lowest BCUT2D eigenvalue weighted by Crippen LogP contribution is -2.39. The van der Waals surface area contributed by atoms with Crippen LogP contribution in [0.1, 0.15) is 11.1 Å². The van der Waals surface area contributed by atoms with E-state index in [4.69, 9.17) is 16.4 Å². The van der Waals surface area contributed by atoms with Gasteiger partial charge in [-0.05, 0) is 23.3 Å². The number of benzene rings is 2. The maximum atomic E-state index is 11.3. The normalized spacial score (nSPS) is 13.2. The molecule has 2 aromatic carbocycles. The zero-order valence-corrected chi connectivity index (χ0v) is 14.0. The highest BCUT2D eigenvalue weighted by molar-refractivity contribution is 6.30. The maximum Gasteiger partial charge on any atom is 0.295 e. The van der Waals surface area contributed by atoms with E-state index in [1.165, 1.54) is 0 Å². The summed E-state index contributed by atoms with van der Waals surface area (Å²) in [5.74, 6) is 0. The summed E-state index contributed by atoms with van der Waals surface area (Å²) in [7, 11) is 0. The van der Waals surface area contributed by atoms with E-state index in [2.05, 4.69) is 4.98 Å². The van der Waals surface area contributed by atoms with E-state index < -0.39 is 10.7 Å². The van der Waals surface area contributed by atoms with Crippen molar-refractivity contribution in [3.8, 4) is 0 Å². The first kappa shape index (κ1) is 17.0. The molecule has 0 N–H and O–H groups in total. The van der Waals surface area contributed by atoms with Gasteiger partial charge in [0, 0.05) is 23.8 Å². The van der Waals surface area contributed by atoms with E-state index in [0.29, 0.717) is 17.0 Å². The van der Waals surface area contributed by atoms with Crippen LogP contribution in [-0.4, -0.2) is 14.6 Å². The molecule has 0 saturated heterocycles. The van der Waals surface area contributed by atoms with E-state index >= 15 is 0 Å². The maximum absolute atomic E-state index is 11.3. The average molecular weight is 358 g/mol. The fourth-order valence-electron chi connectivity index (χ4n) is 2.86. The fraction of sp³-hybridized carbons (Fsp3) is 0.167. The second-order valence-electron chi connectivity index (χ2n) is 5.71. The van der Waals surface area contributed by atoms with Gasteiger partial charge in [0.05, 0.1) is 12.9 Å². The van der Waals surface area contributed by atoms with Crippen molar-refractivity contribution >= 4 is 11.6 Å². The average Bonchev–Trinajstić information content (AvgIpc) is 3.08. The summed E-state index contributed by atoms with van der Waals surface area (Å²) in [6.45, 7) is 0.241. The number of imidazole rings is 1. The second kappa shape index (κ2) is 7.36. The third kappa shape index (κ3) is 4.16. The summed E-state index contributed by atoms with van der Waals surface area (Å²) in [6.07, 6.45) is 5.31. The monoisotopic (exact) mass is 357 g/mol. The first-order valence-corrected chi connectivity index (χ1v) is 8.04. The van der Waals surface area contributed by atoms with Crippen molar-refractivity contribution in [3.05, 3.63) is 99.6 Å². The lowest BCUT2D eigenvalue weighted by atomic mass is 9.87. The second-order valence-corrected chi connectivity index (χ2v) is 6.15. The van der Waals surface area contributed by atoms with Gasteiger partial charge in [-0.2, -0.15) is 0 Å². The van der Waals surface area contributed by atoms with Crippen LogP contribution in [0, 0.1) is 10.1 Å². The van der Waals surface area contributed by atoms with Crippen LogP contribution in [0.3, 0.4) is 0 Å². The Morgan fingerprint density at radius 3 is 2.48 bits per heavy atom. The van der Waals surface area contributed by atoms with Gasteiger partial charge in [0.25, 0.3) is 5.09 Å². The molecular formula is C18H16ClN3O3. The number of halogens is 1. The van der Waals surface area contributed by atoms with E-state index in [1.807, 2.05) is 30.3 Å². The van der Waals surface area contributed by atoms with Crippen molar-refractivity contribution in [1.82, 2.24) is 9.55 Å². The molecule has 0 spiro atoms. The Morgan fingerprint density at radius 1 is 1.16 bits per heavy atom. The van der Waals surface area contributed by atoms with Crippen LogP contribution in [0.5, 0.6) is 0 Å². The quantitative estimate of drug-likeness (QED) is 0.475. The third-order valence-corrected chi connectivity index (χ3v) is 4.20. The number of nitrogens with zero attached hydrogens (tertiary/aromatic N) is 3. The fourth-order valence-corrected chi connectivity index (χ4v) is 2.99. The van der Waals surface area contributed by atoms with Gasteiger partial charge in [-0.15, -0.1) is 10.1 Å². The predicted octanol–water partition coefficient (Wildman–Crippen LogP) is 3.88. The van der Waals surface area contributed by atoms with Gasteiger partial charge < -0.3 is 9.40 Å². The highest BCUT2D eigenvalue weighted by Gasteiger charge is 2.37. The van der Waals surface area contributed by atoms with Crippen molar-refractivity contribution in [2.24, 2.45) is 0 Å². The minimum Gasteiger partial charge on any atom is -0.335 e. The summed E-state index contributed by atoms with van der Waals surface area (Å²) < 4.78 is 1.76. The van der Waals surface area contributed by atoms with Gasteiger partial charge in [-0.1, -0.05) is 54.1 Å². The topological polar surface area (TPSA) is 70.2 Å². The molecule has 0 aliphatic carbocycles. The lowest BCUT2D eigenvalue weighted by Gasteiger charge is -2.32. The molecule has 25 heavy (non-hydrogen) atoms. The molecule has 0 radical (unpaired) electrons. The molecule has 0 amide bonds. The van der Waals surface area contributed by atoms with Crippen LogP contribution < -0.4 is 0 Å². The lowest BCUT2D eigenvalue weighted by molar-refractivity contribution is -0.785. The van der Waals surface area contributed by atoms with Gasteiger partial charge in [0.15, 0.2) is 5.60 Å². The molecule has 0 aliphatic rings. The van der Waals surface area contributed by atoms with Gasteiger partial charge >= 0.3 is 0 Å². The highest BCUT2D eigenvalue weighted by atomic mass is 35.5. The molecular weight excluding hydrogens is 342 g/mol. The number of rotatable bonds is 7. The van der Waals surface area contributed by atoms with E-state index in [-0.39, 0.29) is 6.54 Å². The molecule has 6 nitrogen and oxygen atoms in total. The molecule has 3 aromatic rings. The van der Waals surface area contributed by atoms with Crippen molar-refractivity contribution in [2.75, 3.05) is 0 Å². The summed E-state index contributed by atoms with van der Waals surface area (Å²) in [5.41, 5.74) is 0.404. The van der Waals surface area contributed by atoms with Crippen LogP contribution >= 0.6 is 11.6 Å². The zero-order chi connectivity index (χ0) is 17.7. The number of hydrogen-bond donors (Lipinski definition) is 0. The molecule has 0 saturated carbocycles. The SMILES string of the molecule is O=[N+]([O-])OC(Cc1ccccc1)(Cn1ccnc1)c1ccc(Cl)cc1. The molecule has 1 atom stereocenters. The largest absolute Gasteiger partial charge is 0.335 e. The van der Waals surface area contributed by atoms with Crippen molar-refractivity contribution in [3.63, 3.8) is 0 Å². The summed E-state index contributed by atoms with van der Waals surface area (Å²) in [6, 6.07) is 16.4. The Balaban J connectivity index is 2.07. The van der Waals surface area contributed by atoms with Crippen molar-refractivity contribution < 1.29 is 9.92 Å². The first-order chi connectivity index (χ1) is 12.1. The Kier molecular flexibility index (Phi) is 5.00. The van der Waals surface area contributed by atoms with E-state index in [9.17, 15) is 10.1 Å². The molecule has 0 aliphatic heterocycles. The number of hydrogen-bond acceptors (Lipinski definition) is 4. The predicted molar refractivity (Wildman–Crippen MR) is 93.6 cm³/mol. The van der Waals surface area contributed by atoms with Gasteiger partial charge in [0.1, 0.15) is 0 Å². The Hall–Kier alpha value is -2.86. The Bertz CT molecular complexity index is 823. The molecule has 0 fully saturated rings. The molecule has 1 heterocycles. The van der Waals surface area contributed by atoms with Gasteiger partial charge in [0.2, 0.25) is 0 Å². The summed E-state index contributed by atoms with van der Waals surface area (Å²) in [4.78, 5) is 20.6. The molecule has 3 rings (SSSR count). The van der Waals surface area contributed by atoms with Crippen molar-refractivity contribution in [1.29, 1.82) is 0 Å². The molecule has 128 valence electrons. The van der Waals surface area contributed by atoms with Crippen LogP contribution in [0.4, 0.5) is 0 Å². The minimum absolute atomic E-state index is 0.241. The molecule has 7 heteroatoms. The smallest absolute Gasteiger partial charge is 0.295 e. The van der Waals surface area contributed by atoms with Gasteiger partial charge in [-0.25, -0.2) is 4.98 Å². The van der Waals surface area contributed by atoms with Crippen molar-refractivity contribution in [2.45, 2.75) is 18.6 Å².